The van der Waals surface area contributed by atoms with Crippen LogP contribution >= 0.6 is 11.6 Å². The number of fused-ring (bicyclic) bond motifs is 1. The van der Waals surface area contributed by atoms with Gasteiger partial charge in [0.2, 0.25) is 0 Å². The lowest BCUT2D eigenvalue weighted by Gasteiger charge is -2.14. The standard InChI is InChI=1S/C20H17ClN2O/c1-13-6-5-8-15-11-17(20(21)23-19(13)15)16(12-22)10-14-7-3-4-9-18(14)24-2/h3-9,11,16H,10H2,1-2H3. The molecule has 0 saturated heterocycles. The fourth-order valence-corrected chi connectivity index (χ4v) is 3.17. The van der Waals surface area contributed by atoms with E-state index in [9.17, 15) is 5.26 Å². The summed E-state index contributed by atoms with van der Waals surface area (Å²) in [5.41, 5.74) is 3.68. The third-order valence-corrected chi connectivity index (χ3v) is 4.48. The molecule has 24 heavy (non-hydrogen) atoms. The van der Waals surface area contributed by atoms with Crippen molar-refractivity contribution in [2.45, 2.75) is 19.3 Å². The molecule has 2 aromatic carbocycles. The van der Waals surface area contributed by atoms with E-state index in [0.29, 0.717) is 11.6 Å². The number of aromatic nitrogens is 1. The van der Waals surface area contributed by atoms with Crippen LogP contribution in [0.25, 0.3) is 10.9 Å². The zero-order valence-corrected chi connectivity index (χ0v) is 14.3. The van der Waals surface area contributed by atoms with Gasteiger partial charge in [0.25, 0.3) is 0 Å². The number of hydrogen-bond donors (Lipinski definition) is 0. The number of rotatable bonds is 4. The lowest BCUT2D eigenvalue weighted by molar-refractivity contribution is 0.409. The van der Waals surface area contributed by atoms with Gasteiger partial charge in [0.15, 0.2) is 0 Å². The second-order valence-electron chi connectivity index (χ2n) is 5.71. The van der Waals surface area contributed by atoms with Gasteiger partial charge in [-0.1, -0.05) is 48.0 Å². The first kappa shape index (κ1) is 16.3. The molecular weight excluding hydrogens is 320 g/mol. The molecule has 0 bridgehead atoms. The van der Waals surface area contributed by atoms with E-state index in [1.165, 1.54) is 0 Å². The Bertz CT molecular complexity index is 931. The SMILES string of the molecule is COc1ccccc1CC(C#N)c1cc2cccc(C)c2nc1Cl. The predicted octanol–water partition coefficient (Wildman–Crippen LogP) is 5.06. The molecule has 0 aliphatic heterocycles. The van der Waals surface area contributed by atoms with Crippen LogP contribution in [0.2, 0.25) is 5.15 Å². The van der Waals surface area contributed by atoms with Gasteiger partial charge in [-0.05, 0) is 36.6 Å². The fourth-order valence-electron chi connectivity index (χ4n) is 2.90. The molecule has 4 heteroatoms. The minimum atomic E-state index is -0.383. The summed E-state index contributed by atoms with van der Waals surface area (Å²) < 4.78 is 5.38. The van der Waals surface area contributed by atoms with Crippen LogP contribution in [0.4, 0.5) is 0 Å². The van der Waals surface area contributed by atoms with E-state index >= 15 is 0 Å². The minimum Gasteiger partial charge on any atom is -0.496 e. The van der Waals surface area contributed by atoms with Gasteiger partial charge in [-0.15, -0.1) is 0 Å². The predicted molar refractivity (Wildman–Crippen MR) is 96.5 cm³/mol. The van der Waals surface area contributed by atoms with Crippen LogP contribution in [0.1, 0.15) is 22.6 Å². The average molecular weight is 337 g/mol. The first-order chi connectivity index (χ1) is 11.6. The maximum Gasteiger partial charge on any atom is 0.134 e. The Kier molecular flexibility index (Phi) is 4.69. The summed E-state index contributed by atoms with van der Waals surface area (Å²) >= 11 is 6.40. The van der Waals surface area contributed by atoms with Gasteiger partial charge in [0, 0.05) is 10.9 Å². The molecule has 3 aromatic rings. The number of para-hydroxylation sites is 2. The summed E-state index contributed by atoms with van der Waals surface area (Å²) in [6.45, 7) is 2.00. The van der Waals surface area contributed by atoms with Crippen LogP contribution in [0.15, 0.2) is 48.5 Å². The van der Waals surface area contributed by atoms with E-state index in [4.69, 9.17) is 16.3 Å². The largest absolute Gasteiger partial charge is 0.496 e. The van der Waals surface area contributed by atoms with Gasteiger partial charge in [0.05, 0.1) is 24.6 Å². The summed E-state index contributed by atoms with van der Waals surface area (Å²) in [6, 6.07) is 18.0. The second-order valence-corrected chi connectivity index (χ2v) is 6.07. The third kappa shape index (κ3) is 3.06. The molecule has 0 aliphatic rings. The van der Waals surface area contributed by atoms with E-state index in [1.807, 2.05) is 55.5 Å². The normalized spacial score (nSPS) is 11.9. The van der Waals surface area contributed by atoms with Crippen molar-refractivity contribution in [3.63, 3.8) is 0 Å². The third-order valence-electron chi connectivity index (χ3n) is 4.18. The molecule has 3 nitrogen and oxygen atoms in total. The summed E-state index contributed by atoms with van der Waals surface area (Å²) in [5.74, 6) is 0.393. The van der Waals surface area contributed by atoms with Gasteiger partial charge in [-0.3, -0.25) is 0 Å². The van der Waals surface area contributed by atoms with Crippen molar-refractivity contribution in [1.29, 1.82) is 5.26 Å². The Morgan fingerprint density at radius 1 is 1.21 bits per heavy atom. The van der Waals surface area contributed by atoms with Crippen LogP contribution in [0.5, 0.6) is 5.75 Å². The second kappa shape index (κ2) is 6.90. The number of benzene rings is 2. The summed E-state index contributed by atoms with van der Waals surface area (Å²) in [6.07, 6.45) is 0.527. The number of halogens is 1. The van der Waals surface area contributed by atoms with Crippen molar-refractivity contribution in [3.8, 4) is 11.8 Å². The van der Waals surface area contributed by atoms with Crippen LogP contribution in [-0.4, -0.2) is 12.1 Å². The van der Waals surface area contributed by atoms with Gasteiger partial charge in [0.1, 0.15) is 10.9 Å². The molecule has 0 spiro atoms. The minimum absolute atomic E-state index is 0.383. The molecule has 0 N–H and O–H groups in total. The first-order valence-corrected chi connectivity index (χ1v) is 8.09. The maximum absolute atomic E-state index is 9.68. The molecule has 3 rings (SSSR count). The van der Waals surface area contributed by atoms with Crippen molar-refractivity contribution in [3.05, 3.63) is 70.4 Å². The van der Waals surface area contributed by atoms with E-state index in [1.54, 1.807) is 7.11 Å². The van der Waals surface area contributed by atoms with E-state index in [0.717, 1.165) is 33.3 Å². The highest BCUT2D eigenvalue weighted by Crippen LogP contribution is 2.32. The van der Waals surface area contributed by atoms with Crippen LogP contribution in [0, 0.1) is 18.3 Å². The molecule has 1 aromatic heterocycles. The van der Waals surface area contributed by atoms with Crippen LogP contribution in [0.3, 0.4) is 0 Å². The number of nitriles is 1. The fraction of sp³-hybridized carbons (Fsp3) is 0.200. The lowest BCUT2D eigenvalue weighted by Crippen LogP contribution is -2.04. The highest BCUT2D eigenvalue weighted by Gasteiger charge is 2.19. The summed E-state index contributed by atoms with van der Waals surface area (Å²) in [7, 11) is 1.63. The molecule has 1 unspecified atom stereocenters. The van der Waals surface area contributed by atoms with Crippen molar-refractivity contribution in [2.24, 2.45) is 0 Å². The summed E-state index contributed by atoms with van der Waals surface area (Å²) in [4.78, 5) is 4.51. The average Bonchev–Trinajstić information content (AvgIpc) is 2.60. The highest BCUT2D eigenvalue weighted by molar-refractivity contribution is 6.30. The Morgan fingerprint density at radius 2 is 2.00 bits per heavy atom. The zero-order valence-electron chi connectivity index (χ0n) is 13.6. The van der Waals surface area contributed by atoms with Gasteiger partial charge in [-0.25, -0.2) is 4.98 Å². The quantitative estimate of drug-likeness (QED) is 0.626. The Hall–Kier alpha value is -2.57. The molecule has 0 radical (unpaired) electrons. The summed E-state index contributed by atoms with van der Waals surface area (Å²) in [5, 5.41) is 11.1. The van der Waals surface area contributed by atoms with Gasteiger partial charge in [-0.2, -0.15) is 5.26 Å². The van der Waals surface area contributed by atoms with Crippen molar-refractivity contribution in [1.82, 2.24) is 4.98 Å². The van der Waals surface area contributed by atoms with Crippen LogP contribution in [-0.2, 0) is 6.42 Å². The van der Waals surface area contributed by atoms with Gasteiger partial charge < -0.3 is 4.74 Å². The molecular formula is C20H17ClN2O. The van der Waals surface area contributed by atoms with E-state index in [-0.39, 0.29) is 5.92 Å². The molecule has 0 amide bonds. The smallest absolute Gasteiger partial charge is 0.134 e. The maximum atomic E-state index is 9.68. The molecule has 0 saturated carbocycles. The van der Waals surface area contributed by atoms with E-state index < -0.39 is 0 Å². The Balaban J connectivity index is 2.04. The number of pyridine rings is 1. The lowest BCUT2D eigenvalue weighted by atomic mass is 9.92. The number of ether oxygens (including phenoxy) is 1. The first-order valence-electron chi connectivity index (χ1n) is 7.71. The monoisotopic (exact) mass is 336 g/mol. The Labute approximate surface area is 146 Å². The molecule has 0 aliphatic carbocycles. The molecule has 1 atom stereocenters. The number of aryl methyl sites for hydroxylation is 1. The number of nitrogens with zero attached hydrogens (tertiary/aromatic N) is 2. The molecule has 0 fully saturated rings. The topological polar surface area (TPSA) is 45.9 Å². The van der Waals surface area contributed by atoms with E-state index in [2.05, 4.69) is 11.1 Å². The zero-order chi connectivity index (χ0) is 17.1. The number of methoxy groups -OCH3 is 1. The Morgan fingerprint density at radius 3 is 2.75 bits per heavy atom. The van der Waals surface area contributed by atoms with Crippen LogP contribution < -0.4 is 4.74 Å². The molecule has 120 valence electrons. The van der Waals surface area contributed by atoms with Crippen molar-refractivity contribution < 1.29 is 4.74 Å². The van der Waals surface area contributed by atoms with Crippen molar-refractivity contribution >= 4 is 22.5 Å². The highest BCUT2D eigenvalue weighted by atomic mass is 35.5. The number of hydrogen-bond acceptors (Lipinski definition) is 3. The molecule has 1 heterocycles. The van der Waals surface area contributed by atoms with Crippen molar-refractivity contribution in [2.75, 3.05) is 7.11 Å². The van der Waals surface area contributed by atoms with Gasteiger partial charge >= 0.3 is 0 Å².